The largest absolute Gasteiger partial charge is 0.391 e. The average molecular weight is 841 g/mol. The van der Waals surface area contributed by atoms with Crippen LogP contribution in [0.4, 0.5) is 0 Å². The third-order valence-corrected chi connectivity index (χ3v) is 11.3. The predicted octanol–water partition coefficient (Wildman–Crippen LogP) is 10.8. The van der Waals surface area contributed by atoms with E-state index in [9.17, 15) is 5.11 Å². The van der Waals surface area contributed by atoms with Crippen molar-refractivity contribution in [3.8, 4) is 0 Å². The van der Waals surface area contributed by atoms with Crippen LogP contribution in [0.5, 0.6) is 0 Å². The predicted molar refractivity (Wildman–Crippen MR) is 240 cm³/mol. The lowest BCUT2D eigenvalue weighted by atomic mass is 9.87. The molecule has 0 bridgehead atoms. The van der Waals surface area contributed by atoms with Crippen LogP contribution in [0.3, 0.4) is 0 Å². The number of aliphatic hydroxyl groups is 1. The van der Waals surface area contributed by atoms with Gasteiger partial charge < -0.3 is 33.5 Å². The van der Waals surface area contributed by atoms with Crippen molar-refractivity contribution < 1.29 is 33.5 Å². The SMILES string of the molecule is CCc1ccc(Cc2cc(C3OC(COCc4ccccc4)C(OCc4ccccc4)C(OCc4ccccc4)C3OCc3ccccc3)c(COCC(C)O)cc2Cl)cc1. The number of halogens is 1. The Bertz CT molecular complexity index is 2170. The minimum Gasteiger partial charge on any atom is -0.391 e. The van der Waals surface area contributed by atoms with Crippen LogP contribution in [0.25, 0.3) is 0 Å². The van der Waals surface area contributed by atoms with Gasteiger partial charge in [0.05, 0.1) is 52.4 Å². The van der Waals surface area contributed by atoms with Gasteiger partial charge in [-0.25, -0.2) is 0 Å². The smallest absolute Gasteiger partial charge is 0.117 e. The van der Waals surface area contributed by atoms with E-state index < -0.39 is 36.6 Å². The van der Waals surface area contributed by atoms with Gasteiger partial charge in [0.15, 0.2) is 0 Å². The van der Waals surface area contributed by atoms with E-state index in [4.69, 9.17) is 40.0 Å². The van der Waals surface area contributed by atoms with Crippen LogP contribution in [0.15, 0.2) is 158 Å². The lowest BCUT2D eigenvalue weighted by Gasteiger charge is -2.47. The Morgan fingerprint density at radius 3 is 1.56 bits per heavy atom. The van der Waals surface area contributed by atoms with Crippen LogP contribution in [-0.2, 0) is 74.3 Å². The van der Waals surface area contributed by atoms with Crippen molar-refractivity contribution >= 4 is 11.6 Å². The lowest BCUT2D eigenvalue weighted by molar-refractivity contribution is -0.275. The third kappa shape index (κ3) is 12.9. The van der Waals surface area contributed by atoms with Crippen LogP contribution in [0, 0.1) is 0 Å². The van der Waals surface area contributed by atoms with Crippen LogP contribution < -0.4 is 0 Å². The van der Waals surface area contributed by atoms with E-state index in [1.165, 1.54) is 5.56 Å². The summed E-state index contributed by atoms with van der Waals surface area (Å²) >= 11 is 7.15. The molecule has 1 aliphatic heterocycles. The summed E-state index contributed by atoms with van der Waals surface area (Å²) < 4.78 is 41.0. The van der Waals surface area contributed by atoms with Crippen LogP contribution in [0.1, 0.15) is 70.0 Å². The summed E-state index contributed by atoms with van der Waals surface area (Å²) in [7, 11) is 0. The number of hydrogen-bond acceptors (Lipinski definition) is 7. The Morgan fingerprint density at radius 2 is 1.03 bits per heavy atom. The standard InChI is InChI=1S/C53H57ClO7/c1-3-39-24-26-40(27-25-39)28-45-29-47(46(30-48(45)54)36-56-31-38(2)55)50-52(59-34-43-20-12-6-13-21-43)53(60-35-44-22-14-7-15-23-44)51(58-33-42-18-10-5-11-19-42)49(61-50)37-57-32-41-16-8-4-9-17-41/h4-27,29-30,38,49-53,55H,3,28,31-37H2,1-2H3. The first kappa shape index (κ1) is 44.4. The van der Waals surface area contributed by atoms with Gasteiger partial charge in [-0.15, -0.1) is 0 Å². The molecule has 7 nitrogen and oxygen atoms in total. The average Bonchev–Trinajstić information content (AvgIpc) is 3.29. The van der Waals surface area contributed by atoms with Crippen molar-refractivity contribution in [2.45, 2.75) is 96.3 Å². The summed E-state index contributed by atoms with van der Waals surface area (Å²) in [6, 6.07) is 53.4. The maximum absolute atomic E-state index is 10.2. The first-order valence-corrected chi connectivity index (χ1v) is 21.7. The third-order valence-electron chi connectivity index (χ3n) is 10.9. The number of benzene rings is 6. The zero-order valence-electron chi connectivity index (χ0n) is 35.1. The zero-order chi connectivity index (χ0) is 42.2. The van der Waals surface area contributed by atoms with Crippen LogP contribution in [0.2, 0.25) is 5.02 Å². The van der Waals surface area contributed by atoms with Gasteiger partial charge in [0.2, 0.25) is 0 Å². The second kappa shape index (κ2) is 23.0. The first-order valence-electron chi connectivity index (χ1n) is 21.3. The van der Waals surface area contributed by atoms with E-state index in [0.717, 1.165) is 50.9 Å². The minimum absolute atomic E-state index is 0.163. The Labute approximate surface area is 366 Å². The van der Waals surface area contributed by atoms with Gasteiger partial charge in [-0.2, -0.15) is 0 Å². The Hall–Kier alpha value is -4.67. The van der Waals surface area contributed by atoms with Crippen LogP contribution >= 0.6 is 11.6 Å². The monoisotopic (exact) mass is 840 g/mol. The lowest BCUT2D eigenvalue weighted by Crippen LogP contribution is -2.58. The van der Waals surface area contributed by atoms with E-state index in [2.05, 4.69) is 85.8 Å². The highest BCUT2D eigenvalue weighted by Gasteiger charge is 2.49. The maximum atomic E-state index is 10.2. The Morgan fingerprint density at radius 1 is 0.541 bits per heavy atom. The fourth-order valence-electron chi connectivity index (χ4n) is 7.70. The highest BCUT2D eigenvalue weighted by Crippen LogP contribution is 2.41. The van der Waals surface area contributed by atoms with Gasteiger partial charge in [-0.05, 0) is 75.9 Å². The molecule has 6 aromatic rings. The van der Waals surface area contributed by atoms with Gasteiger partial charge in [0.1, 0.15) is 30.5 Å². The van der Waals surface area contributed by atoms with Crippen molar-refractivity contribution in [1.82, 2.24) is 0 Å². The molecular formula is C53H57ClO7. The molecule has 8 heteroatoms. The Kier molecular flexibility index (Phi) is 16.7. The molecule has 318 valence electrons. The molecule has 1 saturated heterocycles. The number of ether oxygens (including phenoxy) is 6. The van der Waals surface area contributed by atoms with Gasteiger partial charge >= 0.3 is 0 Å². The molecule has 0 saturated carbocycles. The second-order valence-electron chi connectivity index (χ2n) is 15.7. The summed E-state index contributed by atoms with van der Waals surface area (Å²) in [6.07, 6.45) is -2.12. The van der Waals surface area contributed by atoms with Crippen molar-refractivity contribution in [2.24, 2.45) is 0 Å². The number of rotatable bonds is 21. The molecule has 1 N–H and O–H groups in total. The molecular weight excluding hydrogens is 784 g/mol. The molecule has 0 radical (unpaired) electrons. The molecule has 6 unspecified atom stereocenters. The number of aryl methyl sites for hydroxylation is 1. The van der Waals surface area contributed by atoms with Crippen molar-refractivity contribution in [1.29, 1.82) is 0 Å². The molecule has 6 atom stereocenters. The highest BCUT2D eigenvalue weighted by molar-refractivity contribution is 6.31. The molecule has 1 heterocycles. The fraction of sp³-hybridized carbons (Fsp3) is 0.321. The summed E-state index contributed by atoms with van der Waals surface area (Å²) in [5.41, 5.74) is 9.23. The molecule has 61 heavy (non-hydrogen) atoms. The Balaban J connectivity index is 1.32. The van der Waals surface area contributed by atoms with Crippen molar-refractivity contribution in [3.05, 3.63) is 213 Å². The topological polar surface area (TPSA) is 75.6 Å². The molecule has 1 fully saturated rings. The zero-order valence-corrected chi connectivity index (χ0v) is 35.9. The number of hydrogen-bond donors (Lipinski definition) is 1. The van der Waals surface area contributed by atoms with Crippen molar-refractivity contribution in [2.75, 3.05) is 13.2 Å². The molecule has 1 aliphatic rings. The summed E-state index contributed by atoms with van der Waals surface area (Å²) in [5, 5.41) is 10.8. The van der Waals surface area contributed by atoms with E-state index >= 15 is 0 Å². The quantitative estimate of drug-likeness (QED) is 0.0774. The van der Waals surface area contributed by atoms with Gasteiger partial charge in [-0.3, -0.25) is 0 Å². The van der Waals surface area contributed by atoms with E-state index in [-0.39, 0.29) is 19.8 Å². The van der Waals surface area contributed by atoms with Crippen molar-refractivity contribution in [3.63, 3.8) is 0 Å². The van der Waals surface area contributed by atoms with Gasteiger partial charge in [0.25, 0.3) is 0 Å². The summed E-state index contributed by atoms with van der Waals surface area (Å²) in [5.74, 6) is 0. The summed E-state index contributed by atoms with van der Waals surface area (Å²) in [4.78, 5) is 0. The van der Waals surface area contributed by atoms with Crippen LogP contribution in [-0.4, -0.2) is 48.8 Å². The molecule has 0 aromatic heterocycles. The van der Waals surface area contributed by atoms with E-state index in [1.54, 1.807) is 6.92 Å². The molecule has 0 amide bonds. The molecule has 7 rings (SSSR count). The molecule has 6 aromatic carbocycles. The maximum Gasteiger partial charge on any atom is 0.117 e. The molecule has 0 spiro atoms. The first-order chi connectivity index (χ1) is 29.9. The highest BCUT2D eigenvalue weighted by atomic mass is 35.5. The second-order valence-corrected chi connectivity index (χ2v) is 16.1. The summed E-state index contributed by atoms with van der Waals surface area (Å²) in [6.45, 7) is 5.86. The van der Waals surface area contributed by atoms with Gasteiger partial charge in [0, 0.05) is 5.02 Å². The number of aliphatic hydroxyl groups excluding tert-OH is 1. The van der Waals surface area contributed by atoms with E-state index in [0.29, 0.717) is 37.9 Å². The normalized spacial score (nSPS) is 19.4. The minimum atomic E-state index is -0.657. The van der Waals surface area contributed by atoms with E-state index in [1.807, 2.05) is 78.9 Å². The molecule has 0 aliphatic carbocycles. The van der Waals surface area contributed by atoms with Gasteiger partial charge in [-0.1, -0.05) is 170 Å². The fourth-order valence-corrected chi connectivity index (χ4v) is 7.95.